The van der Waals surface area contributed by atoms with Crippen LogP contribution in [0.3, 0.4) is 0 Å². The van der Waals surface area contributed by atoms with Crippen LogP contribution in [0.1, 0.15) is 56.8 Å². The minimum absolute atomic E-state index is 0.0807. The average molecular weight is 734 g/mol. The lowest BCUT2D eigenvalue weighted by Crippen LogP contribution is -2.46. The highest BCUT2D eigenvalue weighted by Crippen LogP contribution is 2.60. The summed E-state index contributed by atoms with van der Waals surface area (Å²) in [6.45, 7) is 3.06. The van der Waals surface area contributed by atoms with Gasteiger partial charge in [0.05, 0.1) is 16.6 Å². The number of aryl methyl sites for hydroxylation is 1. The van der Waals surface area contributed by atoms with Crippen molar-refractivity contribution < 1.29 is 24.0 Å². The molecule has 5 aromatic rings. The summed E-state index contributed by atoms with van der Waals surface area (Å²) < 4.78 is 2.02. The number of rotatable bonds is 8. The first-order valence-corrected chi connectivity index (χ1v) is 16.8. The average Bonchev–Trinajstić information content (AvgIpc) is 3.38. The fourth-order valence-corrected chi connectivity index (χ4v) is 7.66. The van der Waals surface area contributed by atoms with E-state index in [-0.39, 0.29) is 48.7 Å². The van der Waals surface area contributed by atoms with Crippen molar-refractivity contribution >= 4 is 62.1 Å². The lowest BCUT2D eigenvalue weighted by Gasteiger charge is -2.27. The summed E-state index contributed by atoms with van der Waals surface area (Å²) in [4.78, 5) is 83.2. The van der Waals surface area contributed by atoms with Gasteiger partial charge in [0, 0.05) is 48.3 Å². The molecule has 2 aromatic carbocycles. The highest BCUT2D eigenvalue weighted by atomic mass is 79.9. The summed E-state index contributed by atoms with van der Waals surface area (Å²) in [7, 11) is 0. The molecule has 50 heavy (non-hydrogen) atoms. The number of halogens is 1. The van der Waals surface area contributed by atoms with Gasteiger partial charge in [0.25, 0.3) is 11.8 Å². The van der Waals surface area contributed by atoms with Crippen LogP contribution < -0.4 is 5.32 Å². The van der Waals surface area contributed by atoms with Gasteiger partial charge in [0.1, 0.15) is 34.5 Å². The molecule has 3 aromatic heterocycles. The van der Waals surface area contributed by atoms with E-state index in [4.69, 9.17) is 0 Å². The van der Waals surface area contributed by atoms with Gasteiger partial charge in [0.15, 0.2) is 5.78 Å². The number of nitrogens with zero attached hydrogens (tertiary/aromatic N) is 7. The van der Waals surface area contributed by atoms with Gasteiger partial charge in [-0.15, -0.1) is 0 Å². The molecule has 2 aliphatic heterocycles. The van der Waals surface area contributed by atoms with E-state index >= 15 is 0 Å². The van der Waals surface area contributed by atoms with Crippen LogP contribution in [-0.4, -0.2) is 82.6 Å². The molecule has 0 bridgehead atoms. The first-order chi connectivity index (χ1) is 24.0. The van der Waals surface area contributed by atoms with Crippen LogP contribution in [0.25, 0.3) is 22.0 Å². The fourth-order valence-electron chi connectivity index (χ4n) is 7.32. The maximum atomic E-state index is 14.3. The highest BCUT2D eigenvalue weighted by Gasteiger charge is 2.68. The Hall–Kier alpha value is -5.63. The van der Waals surface area contributed by atoms with Crippen LogP contribution >= 0.6 is 15.9 Å². The third kappa shape index (κ3) is 5.26. The van der Waals surface area contributed by atoms with Crippen LogP contribution in [0.4, 0.5) is 5.82 Å². The van der Waals surface area contributed by atoms with E-state index < -0.39 is 23.4 Å². The van der Waals surface area contributed by atoms with Crippen molar-refractivity contribution in [3.05, 3.63) is 100 Å². The predicted molar refractivity (Wildman–Crippen MR) is 184 cm³/mol. The largest absolute Gasteiger partial charge is 0.325 e. The zero-order valence-corrected chi connectivity index (χ0v) is 28.5. The zero-order valence-electron chi connectivity index (χ0n) is 27.0. The molecule has 3 aliphatic rings. The van der Waals surface area contributed by atoms with E-state index in [0.29, 0.717) is 44.7 Å². The molecular weight excluding hydrogens is 704 g/mol. The number of ketones is 1. The number of hydrogen-bond acceptors (Lipinski definition) is 9. The molecule has 0 radical (unpaired) electrons. The SMILES string of the molecule is CC(=O)c1nn(CC(=O)N2C3CC3(CN3C(=O)c4ccccc4C3=O)C[C@H]2C(=O)Nc2cccc(Br)n2)c2ccc(-c3cnc(C)nc3)cc12. The van der Waals surface area contributed by atoms with Gasteiger partial charge in [-0.3, -0.25) is 33.6 Å². The van der Waals surface area contributed by atoms with Gasteiger partial charge in [-0.25, -0.2) is 15.0 Å². The Morgan fingerprint density at radius 3 is 2.34 bits per heavy atom. The van der Waals surface area contributed by atoms with E-state index in [1.54, 1.807) is 72.7 Å². The maximum absolute atomic E-state index is 14.3. The number of benzene rings is 2. The number of imide groups is 1. The van der Waals surface area contributed by atoms with Gasteiger partial charge in [-0.2, -0.15) is 5.10 Å². The lowest BCUT2D eigenvalue weighted by atomic mass is 9.98. The Kier molecular flexibility index (Phi) is 7.44. The van der Waals surface area contributed by atoms with Crippen LogP contribution in [-0.2, 0) is 16.1 Å². The minimum atomic E-state index is -0.903. The van der Waals surface area contributed by atoms with Gasteiger partial charge in [0.2, 0.25) is 11.8 Å². The molecule has 3 atom stereocenters. The van der Waals surface area contributed by atoms with Gasteiger partial charge in [-0.05, 0) is 77.7 Å². The molecule has 8 rings (SSSR count). The molecule has 4 amide bonds. The van der Waals surface area contributed by atoms with E-state index in [2.05, 4.69) is 41.3 Å². The van der Waals surface area contributed by atoms with Crippen molar-refractivity contribution in [1.29, 1.82) is 0 Å². The van der Waals surface area contributed by atoms with E-state index in [9.17, 15) is 24.0 Å². The minimum Gasteiger partial charge on any atom is -0.325 e. The standard InChI is InChI=1S/C36H29BrN8O5/c1-19(46)32-25-12-21(22-15-38-20(2)39-16-22)10-11-26(25)44(42-32)17-31(47)45-27(33(48)41-30-9-5-8-29(37)40-30)13-36(14-28(36)45)18-43-34(49)23-6-3-4-7-24(23)35(43)50/h3-12,15-16,27-28H,13-14,17-18H2,1-2H3,(H,40,41,48)/t27-,28?,36?/m0/s1. The lowest BCUT2D eigenvalue weighted by molar-refractivity contribution is -0.138. The van der Waals surface area contributed by atoms with Crippen LogP contribution in [0.5, 0.6) is 0 Å². The van der Waals surface area contributed by atoms with Gasteiger partial charge in [-0.1, -0.05) is 24.3 Å². The first-order valence-electron chi connectivity index (χ1n) is 16.0. The van der Waals surface area contributed by atoms with Crippen LogP contribution in [0, 0.1) is 12.3 Å². The van der Waals surface area contributed by atoms with E-state index in [1.807, 2.05) is 12.1 Å². The molecule has 5 heterocycles. The molecule has 1 saturated carbocycles. The summed E-state index contributed by atoms with van der Waals surface area (Å²) in [5.41, 5.74) is 2.38. The summed E-state index contributed by atoms with van der Waals surface area (Å²) in [6, 6.07) is 16.0. The van der Waals surface area contributed by atoms with Crippen molar-refractivity contribution in [2.24, 2.45) is 5.41 Å². The second kappa shape index (κ2) is 11.8. The summed E-state index contributed by atoms with van der Waals surface area (Å²) in [5, 5.41) is 7.96. The second-order valence-electron chi connectivity index (χ2n) is 13.0. The third-order valence-electron chi connectivity index (χ3n) is 9.81. The molecule has 250 valence electrons. The number of Topliss-reactive ketones (excluding diaryl/α,β-unsaturated/α-hetero) is 1. The second-order valence-corrected chi connectivity index (χ2v) is 13.8. The maximum Gasteiger partial charge on any atom is 0.261 e. The van der Waals surface area contributed by atoms with Crippen LogP contribution in [0.15, 0.2) is 77.7 Å². The number of nitrogens with one attached hydrogen (secondary N) is 1. The first kappa shape index (κ1) is 31.6. The Bertz CT molecular complexity index is 2250. The topological polar surface area (TPSA) is 160 Å². The molecule has 0 spiro atoms. The third-order valence-corrected chi connectivity index (χ3v) is 10.3. The van der Waals surface area contributed by atoms with Crippen molar-refractivity contribution in [3.8, 4) is 11.1 Å². The number of hydrogen-bond donors (Lipinski definition) is 1. The summed E-state index contributed by atoms with van der Waals surface area (Å²) in [6.07, 6.45) is 4.18. The van der Waals surface area contributed by atoms with Crippen molar-refractivity contribution in [3.63, 3.8) is 0 Å². The number of carbonyl (C=O) groups is 5. The number of anilines is 1. The number of fused-ring (bicyclic) bond motifs is 3. The van der Waals surface area contributed by atoms with Gasteiger partial charge >= 0.3 is 0 Å². The number of likely N-dealkylation sites (tertiary alicyclic amines) is 1. The monoisotopic (exact) mass is 732 g/mol. The molecule has 2 unspecified atom stereocenters. The molecule has 2 fully saturated rings. The van der Waals surface area contributed by atoms with Gasteiger partial charge < -0.3 is 10.2 Å². The summed E-state index contributed by atoms with van der Waals surface area (Å²) >= 11 is 3.32. The smallest absolute Gasteiger partial charge is 0.261 e. The van der Waals surface area contributed by atoms with E-state index in [0.717, 1.165) is 11.1 Å². The number of carbonyl (C=O) groups excluding carboxylic acids is 5. The molecule has 14 heteroatoms. The number of aromatic nitrogens is 5. The Morgan fingerprint density at radius 1 is 0.940 bits per heavy atom. The number of piperidine rings is 1. The molecule has 1 saturated heterocycles. The van der Waals surface area contributed by atoms with E-state index in [1.165, 1.54) is 16.5 Å². The summed E-state index contributed by atoms with van der Waals surface area (Å²) in [5.74, 6) is -0.897. The van der Waals surface area contributed by atoms with Crippen molar-refractivity contribution in [1.82, 2.24) is 34.5 Å². The molecular formula is C36H29BrN8O5. The Balaban J connectivity index is 1.11. The highest BCUT2D eigenvalue weighted by molar-refractivity contribution is 9.10. The Morgan fingerprint density at radius 2 is 1.66 bits per heavy atom. The predicted octanol–water partition coefficient (Wildman–Crippen LogP) is 4.46. The number of amides is 4. The Labute approximate surface area is 293 Å². The molecule has 13 nitrogen and oxygen atoms in total. The number of pyridine rings is 1. The molecule has 1 aliphatic carbocycles. The fraction of sp³-hybridized carbons (Fsp3) is 0.250. The quantitative estimate of drug-likeness (QED) is 0.138. The van der Waals surface area contributed by atoms with Crippen LogP contribution in [0.2, 0.25) is 0 Å². The van der Waals surface area contributed by atoms with Crippen molar-refractivity contribution in [2.75, 3.05) is 11.9 Å². The molecule has 1 N–H and O–H groups in total. The zero-order chi connectivity index (χ0) is 34.9. The van der Waals surface area contributed by atoms with Crippen molar-refractivity contribution in [2.45, 2.75) is 45.3 Å². The normalized spacial score (nSPS) is 20.6.